The maximum Gasteiger partial charge on any atom is 0.0941 e. The first-order valence-electron chi connectivity index (χ1n) is 6.79. The highest BCUT2D eigenvalue weighted by atomic mass is 32.1. The summed E-state index contributed by atoms with van der Waals surface area (Å²) >= 11 is 1.86. The van der Waals surface area contributed by atoms with Crippen LogP contribution in [0.15, 0.2) is 24.3 Å². The first kappa shape index (κ1) is 12.1. The van der Waals surface area contributed by atoms with Crippen LogP contribution in [0.3, 0.4) is 0 Å². The molecule has 3 unspecified atom stereocenters. The lowest BCUT2D eigenvalue weighted by Crippen LogP contribution is -2.29. The standard InChI is InChI=1S/C15H20N2S/c1-10-11(7-8-12(10)16-2)9-15-17-13-5-3-4-6-14(13)18-15/h3-6,10-12,16H,7-9H2,1-2H3. The molecule has 0 saturated heterocycles. The van der Waals surface area contributed by atoms with E-state index in [1.54, 1.807) is 0 Å². The van der Waals surface area contributed by atoms with Gasteiger partial charge in [-0.15, -0.1) is 11.3 Å². The van der Waals surface area contributed by atoms with Crippen molar-refractivity contribution in [3.63, 3.8) is 0 Å². The van der Waals surface area contributed by atoms with E-state index in [-0.39, 0.29) is 0 Å². The van der Waals surface area contributed by atoms with Crippen molar-refractivity contribution in [3.8, 4) is 0 Å². The van der Waals surface area contributed by atoms with Gasteiger partial charge >= 0.3 is 0 Å². The van der Waals surface area contributed by atoms with Crippen LogP contribution in [0, 0.1) is 11.8 Å². The van der Waals surface area contributed by atoms with Crippen molar-refractivity contribution < 1.29 is 0 Å². The molecular weight excluding hydrogens is 240 g/mol. The Morgan fingerprint density at radius 2 is 2.17 bits per heavy atom. The summed E-state index contributed by atoms with van der Waals surface area (Å²) in [6, 6.07) is 9.15. The first-order valence-corrected chi connectivity index (χ1v) is 7.61. The van der Waals surface area contributed by atoms with Gasteiger partial charge in [0.2, 0.25) is 0 Å². The van der Waals surface area contributed by atoms with Gasteiger partial charge in [-0.1, -0.05) is 19.1 Å². The predicted octanol–water partition coefficient (Wildman–Crippen LogP) is 3.47. The summed E-state index contributed by atoms with van der Waals surface area (Å²) in [4.78, 5) is 4.76. The van der Waals surface area contributed by atoms with E-state index in [0.717, 1.165) is 23.8 Å². The lowest BCUT2D eigenvalue weighted by atomic mass is 9.93. The van der Waals surface area contributed by atoms with E-state index in [1.807, 2.05) is 11.3 Å². The number of nitrogens with zero attached hydrogens (tertiary/aromatic N) is 1. The molecule has 1 aliphatic carbocycles. The van der Waals surface area contributed by atoms with Crippen molar-refractivity contribution in [2.24, 2.45) is 11.8 Å². The number of hydrogen-bond acceptors (Lipinski definition) is 3. The van der Waals surface area contributed by atoms with Gasteiger partial charge in [0.15, 0.2) is 0 Å². The van der Waals surface area contributed by atoms with Crippen molar-refractivity contribution in [3.05, 3.63) is 29.3 Å². The fraction of sp³-hybridized carbons (Fsp3) is 0.533. The van der Waals surface area contributed by atoms with E-state index in [1.165, 1.54) is 22.5 Å². The maximum atomic E-state index is 4.76. The number of fused-ring (bicyclic) bond motifs is 1. The molecule has 1 heterocycles. The van der Waals surface area contributed by atoms with Gasteiger partial charge in [0, 0.05) is 12.5 Å². The Balaban J connectivity index is 1.76. The molecule has 1 N–H and O–H groups in total. The third kappa shape index (κ3) is 2.17. The van der Waals surface area contributed by atoms with Crippen molar-refractivity contribution in [1.29, 1.82) is 0 Å². The monoisotopic (exact) mass is 260 g/mol. The second-order valence-corrected chi connectivity index (χ2v) is 6.49. The molecule has 2 nitrogen and oxygen atoms in total. The molecule has 0 aliphatic heterocycles. The molecular formula is C15H20N2S. The molecule has 0 spiro atoms. The number of nitrogens with one attached hydrogen (secondary N) is 1. The normalized spacial score (nSPS) is 28.0. The Kier molecular flexibility index (Phi) is 3.35. The van der Waals surface area contributed by atoms with E-state index in [2.05, 4.69) is 43.6 Å². The minimum atomic E-state index is 0.698. The molecule has 96 valence electrons. The Bertz CT molecular complexity index is 501. The fourth-order valence-electron chi connectivity index (χ4n) is 3.17. The summed E-state index contributed by atoms with van der Waals surface area (Å²) < 4.78 is 1.32. The summed E-state index contributed by atoms with van der Waals surface area (Å²) in [6.45, 7) is 2.38. The maximum absolute atomic E-state index is 4.76. The third-order valence-corrected chi connectivity index (χ3v) is 5.43. The van der Waals surface area contributed by atoms with Crippen LogP contribution in [0.1, 0.15) is 24.8 Å². The summed E-state index contributed by atoms with van der Waals surface area (Å²) in [6.07, 6.45) is 3.80. The smallest absolute Gasteiger partial charge is 0.0941 e. The summed E-state index contributed by atoms with van der Waals surface area (Å²) in [5.41, 5.74) is 1.16. The molecule has 3 rings (SSSR count). The van der Waals surface area contributed by atoms with Crippen LogP contribution < -0.4 is 5.32 Å². The van der Waals surface area contributed by atoms with Crippen LogP contribution in [0.2, 0.25) is 0 Å². The van der Waals surface area contributed by atoms with Crippen molar-refractivity contribution >= 4 is 21.6 Å². The molecule has 3 heteroatoms. The average Bonchev–Trinajstić information content (AvgIpc) is 2.94. The summed E-state index contributed by atoms with van der Waals surface area (Å²) in [5, 5.41) is 4.75. The van der Waals surface area contributed by atoms with Gasteiger partial charge in [-0.3, -0.25) is 0 Å². The second kappa shape index (κ2) is 4.98. The molecule has 1 saturated carbocycles. The highest BCUT2D eigenvalue weighted by Crippen LogP contribution is 2.35. The number of benzene rings is 1. The molecule has 18 heavy (non-hydrogen) atoms. The number of aromatic nitrogens is 1. The largest absolute Gasteiger partial charge is 0.317 e. The Morgan fingerprint density at radius 3 is 2.89 bits per heavy atom. The number of para-hydroxylation sites is 1. The average molecular weight is 260 g/mol. The van der Waals surface area contributed by atoms with Crippen LogP contribution in [0.5, 0.6) is 0 Å². The minimum Gasteiger partial charge on any atom is -0.317 e. The van der Waals surface area contributed by atoms with Crippen molar-refractivity contribution in [2.45, 2.75) is 32.2 Å². The van der Waals surface area contributed by atoms with E-state index in [9.17, 15) is 0 Å². The Labute approximate surface area is 112 Å². The molecule has 2 aromatic rings. The zero-order valence-electron chi connectivity index (χ0n) is 11.0. The number of hydrogen-bond donors (Lipinski definition) is 1. The minimum absolute atomic E-state index is 0.698. The highest BCUT2D eigenvalue weighted by Gasteiger charge is 2.32. The Morgan fingerprint density at radius 1 is 1.33 bits per heavy atom. The van der Waals surface area contributed by atoms with Crippen LogP contribution in [0.25, 0.3) is 10.2 Å². The van der Waals surface area contributed by atoms with Crippen LogP contribution in [0.4, 0.5) is 0 Å². The molecule has 1 aliphatic rings. The topological polar surface area (TPSA) is 24.9 Å². The molecule has 0 amide bonds. The fourth-order valence-corrected chi connectivity index (χ4v) is 4.23. The predicted molar refractivity (Wildman–Crippen MR) is 78.1 cm³/mol. The molecule has 3 atom stereocenters. The van der Waals surface area contributed by atoms with Gasteiger partial charge in [-0.25, -0.2) is 4.98 Å². The van der Waals surface area contributed by atoms with Crippen LogP contribution in [-0.2, 0) is 6.42 Å². The molecule has 0 radical (unpaired) electrons. The van der Waals surface area contributed by atoms with Crippen molar-refractivity contribution in [2.75, 3.05) is 7.05 Å². The van der Waals surface area contributed by atoms with Gasteiger partial charge in [0.25, 0.3) is 0 Å². The van der Waals surface area contributed by atoms with Gasteiger partial charge in [-0.2, -0.15) is 0 Å². The van der Waals surface area contributed by atoms with E-state index >= 15 is 0 Å². The molecule has 1 fully saturated rings. The highest BCUT2D eigenvalue weighted by molar-refractivity contribution is 7.18. The van der Waals surface area contributed by atoms with E-state index < -0.39 is 0 Å². The third-order valence-electron chi connectivity index (χ3n) is 4.37. The number of thiazole rings is 1. The van der Waals surface area contributed by atoms with Gasteiger partial charge in [-0.05, 0) is 43.9 Å². The summed E-state index contributed by atoms with van der Waals surface area (Å²) in [5.74, 6) is 1.56. The van der Waals surface area contributed by atoms with E-state index in [4.69, 9.17) is 4.98 Å². The van der Waals surface area contributed by atoms with Gasteiger partial charge in [0.1, 0.15) is 0 Å². The van der Waals surface area contributed by atoms with Crippen molar-refractivity contribution in [1.82, 2.24) is 10.3 Å². The lowest BCUT2D eigenvalue weighted by molar-refractivity contribution is 0.364. The number of rotatable bonds is 3. The van der Waals surface area contributed by atoms with Crippen LogP contribution in [-0.4, -0.2) is 18.1 Å². The zero-order valence-corrected chi connectivity index (χ0v) is 11.8. The Hall–Kier alpha value is -0.930. The van der Waals surface area contributed by atoms with E-state index in [0.29, 0.717) is 6.04 Å². The molecule has 1 aromatic heterocycles. The van der Waals surface area contributed by atoms with Crippen LogP contribution >= 0.6 is 11.3 Å². The SMILES string of the molecule is CNC1CCC(Cc2nc3ccccc3s2)C1C. The quantitative estimate of drug-likeness (QED) is 0.914. The lowest BCUT2D eigenvalue weighted by Gasteiger charge is -2.19. The first-order chi connectivity index (χ1) is 8.78. The molecule has 0 bridgehead atoms. The summed E-state index contributed by atoms with van der Waals surface area (Å²) in [7, 11) is 2.08. The van der Waals surface area contributed by atoms with Gasteiger partial charge < -0.3 is 5.32 Å². The second-order valence-electron chi connectivity index (χ2n) is 5.37. The zero-order chi connectivity index (χ0) is 12.5. The molecule has 1 aromatic carbocycles. The van der Waals surface area contributed by atoms with Gasteiger partial charge in [0.05, 0.1) is 15.2 Å².